The number of anilines is 1. The Labute approximate surface area is 219 Å². The molecule has 202 valence electrons. The van der Waals surface area contributed by atoms with Crippen molar-refractivity contribution in [2.24, 2.45) is 0 Å². The number of rotatable bonds is 15. The fraction of sp³-hybridized carbons (Fsp3) is 0.517. The summed E-state index contributed by atoms with van der Waals surface area (Å²) in [7, 11) is 0.134. The zero-order chi connectivity index (χ0) is 26.8. The van der Waals surface area contributed by atoms with Crippen LogP contribution in [-0.4, -0.2) is 32.2 Å². The third-order valence-corrected chi connectivity index (χ3v) is 6.15. The summed E-state index contributed by atoms with van der Waals surface area (Å²) in [5, 5.41) is 0. The molecular formula is C29H46NO5P. The molecular weight excluding hydrogens is 473 g/mol. The van der Waals surface area contributed by atoms with Gasteiger partial charge in [0.15, 0.2) is 0 Å². The van der Waals surface area contributed by atoms with E-state index in [-0.39, 0.29) is 6.61 Å². The molecule has 0 aliphatic heterocycles. The highest BCUT2D eigenvalue weighted by Gasteiger charge is 2.11. The average molecular weight is 520 g/mol. The highest BCUT2D eigenvalue weighted by molar-refractivity contribution is 7.32. The Morgan fingerprint density at radius 2 is 1.42 bits per heavy atom. The van der Waals surface area contributed by atoms with Crippen LogP contribution < -0.4 is 14.4 Å². The minimum Gasteiger partial charge on any atom is -0.496 e. The van der Waals surface area contributed by atoms with Gasteiger partial charge in [0.25, 0.3) is 0 Å². The van der Waals surface area contributed by atoms with Crippen molar-refractivity contribution in [1.29, 1.82) is 0 Å². The maximum Gasteiger partial charge on any atom is 0.316 e. The SMILES string of the molecule is CCCC.CCCCN(CCCC)c1ccc(/C=C/c2cc(OC)c(CO[PH](=O)O)cc2OC)cc1. The van der Waals surface area contributed by atoms with Crippen molar-refractivity contribution in [1.82, 2.24) is 0 Å². The lowest BCUT2D eigenvalue weighted by atomic mass is 10.1. The van der Waals surface area contributed by atoms with E-state index in [2.05, 4.69) is 56.9 Å². The van der Waals surface area contributed by atoms with Crippen LogP contribution in [-0.2, 0) is 15.7 Å². The first-order chi connectivity index (χ1) is 17.4. The first kappa shape index (κ1) is 31.8. The van der Waals surface area contributed by atoms with Crippen LogP contribution in [0.3, 0.4) is 0 Å². The molecule has 0 radical (unpaired) electrons. The molecule has 0 saturated carbocycles. The van der Waals surface area contributed by atoms with E-state index in [9.17, 15) is 4.57 Å². The maximum absolute atomic E-state index is 10.9. The van der Waals surface area contributed by atoms with E-state index in [0.29, 0.717) is 17.1 Å². The van der Waals surface area contributed by atoms with Gasteiger partial charge >= 0.3 is 8.25 Å². The zero-order valence-electron chi connectivity index (χ0n) is 23.0. The smallest absolute Gasteiger partial charge is 0.316 e. The van der Waals surface area contributed by atoms with E-state index in [1.807, 2.05) is 18.2 Å². The molecule has 0 aliphatic rings. The van der Waals surface area contributed by atoms with Crippen molar-refractivity contribution in [3.05, 3.63) is 53.1 Å². The maximum atomic E-state index is 10.9. The minimum atomic E-state index is -3.02. The van der Waals surface area contributed by atoms with Gasteiger partial charge in [-0.25, -0.2) is 0 Å². The van der Waals surface area contributed by atoms with E-state index >= 15 is 0 Å². The third-order valence-electron chi connectivity index (χ3n) is 5.76. The second-order valence-corrected chi connectivity index (χ2v) is 9.40. The quantitative estimate of drug-likeness (QED) is 0.190. The number of benzene rings is 2. The fourth-order valence-corrected chi connectivity index (χ4v) is 3.70. The number of ether oxygens (including phenoxy) is 2. The molecule has 6 nitrogen and oxygen atoms in total. The summed E-state index contributed by atoms with van der Waals surface area (Å²) in [4.78, 5) is 11.4. The van der Waals surface area contributed by atoms with Crippen LogP contribution in [0.4, 0.5) is 5.69 Å². The summed E-state index contributed by atoms with van der Waals surface area (Å²) < 4.78 is 26.7. The van der Waals surface area contributed by atoms with Crippen molar-refractivity contribution in [2.45, 2.75) is 72.8 Å². The number of hydrogen-bond acceptors (Lipinski definition) is 5. The lowest BCUT2D eigenvalue weighted by molar-refractivity contribution is 0.266. The predicted molar refractivity (Wildman–Crippen MR) is 154 cm³/mol. The average Bonchev–Trinajstić information content (AvgIpc) is 2.91. The van der Waals surface area contributed by atoms with Gasteiger partial charge in [0.05, 0.1) is 20.8 Å². The molecule has 1 atom stereocenters. The molecule has 0 aliphatic carbocycles. The molecule has 0 heterocycles. The highest BCUT2D eigenvalue weighted by Crippen LogP contribution is 2.32. The third kappa shape index (κ3) is 11.6. The standard InChI is InChI=1S/C25H36NO5P.C4H10/c1-5-7-15-26(16-8-6-2)23-13-10-20(11-14-23)9-12-21-17-25(30-4)22(18-24(21)29-3)19-31-32(27)28;1-3-4-2/h9-14,17-18,32H,5-8,15-16,19H2,1-4H3,(H,27,28);3-4H2,1-2H3/b12-9+;. The summed E-state index contributed by atoms with van der Waals surface area (Å²) in [6.45, 7) is 11.0. The lowest BCUT2D eigenvalue weighted by Crippen LogP contribution is -2.25. The number of nitrogens with zero attached hydrogens (tertiary/aromatic N) is 1. The molecule has 7 heteroatoms. The van der Waals surface area contributed by atoms with Crippen LogP contribution in [0.5, 0.6) is 11.5 Å². The van der Waals surface area contributed by atoms with Crippen molar-refractivity contribution in [3.63, 3.8) is 0 Å². The molecule has 0 amide bonds. The first-order valence-corrected chi connectivity index (χ1v) is 14.3. The molecule has 2 rings (SSSR count). The lowest BCUT2D eigenvalue weighted by Gasteiger charge is -2.24. The Morgan fingerprint density at radius 1 is 0.833 bits per heavy atom. The number of methoxy groups -OCH3 is 2. The molecule has 1 unspecified atom stereocenters. The van der Waals surface area contributed by atoms with E-state index in [1.165, 1.54) is 44.2 Å². The van der Waals surface area contributed by atoms with Crippen molar-refractivity contribution in [2.75, 3.05) is 32.2 Å². The summed E-state index contributed by atoms with van der Waals surface area (Å²) >= 11 is 0. The molecule has 1 N–H and O–H groups in total. The molecule has 0 saturated heterocycles. The van der Waals surface area contributed by atoms with Crippen molar-refractivity contribution in [3.8, 4) is 11.5 Å². The van der Waals surface area contributed by atoms with Gasteiger partial charge in [-0.2, -0.15) is 0 Å². The Balaban J connectivity index is 0.00000150. The van der Waals surface area contributed by atoms with Gasteiger partial charge in [0.2, 0.25) is 0 Å². The molecule has 36 heavy (non-hydrogen) atoms. The Morgan fingerprint density at radius 3 is 1.89 bits per heavy atom. The van der Waals surface area contributed by atoms with Crippen molar-refractivity contribution >= 4 is 26.1 Å². The van der Waals surface area contributed by atoms with Gasteiger partial charge in [-0.05, 0) is 42.7 Å². The molecule has 0 spiro atoms. The second kappa shape index (κ2) is 18.9. The van der Waals surface area contributed by atoms with E-state index in [0.717, 1.165) is 24.2 Å². The van der Waals surface area contributed by atoms with Crippen LogP contribution in [0.15, 0.2) is 36.4 Å². The van der Waals surface area contributed by atoms with Gasteiger partial charge in [-0.3, -0.25) is 4.57 Å². The number of hydrogen-bond donors (Lipinski definition) is 1. The largest absolute Gasteiger partial charge is 0.496 e. The van der Waals surface area contributed by atoms with E-state index in [1.54, 1.807) is 20.3 Å². The second-order valence-electron chi connectivity index (χ2n) is 8.58. The zero-order valence-corrected chi connectivity index (χ0v) is 24.0. The Bertz CT molecular complexity index is 905. The van der Waals surface area contributed by atoms with Crippen molar-refractivity contribution < 1.29 is 23.5 Å². The fourth-order valence-electron chi connectivity index (χ4n) is 3.42. The normalized spacial score (nSPS) is 11.6. The van der Waals surface area contributed by atoms with E-state index < -0.39 is 8.25 Å². The van der Waals surface area contributed by atoms with E-state index in [4.69, 9.17) is 18.9 Å². The molecule has 0 aromatic heterocycles. The summed E-state index contributed by atoms with van der Waals surface area (Å²) in [5.74, 6) is 1.21. The van der Waals surface area contributed by atoms with Crippen LogP contribution in [0.2, 0.25) is 0 Å². The number of unbranched alkanes of at least 4 members (excludes halogenated alkanes) is 3. The molecule has 0 fully saturated rings. The van der Waals surface area contributed by atoms with Crippen LogP contribution in [0.1, 0.15) is 82.9 Å². The summed E-state index contributed by atoms with van der Waals surface area (Å²) in [6, 6.07) is 12.2. The van der Waals surface area contributed by atoms with Crippen LogP contribution >= 0.6 is 8.25 Å². The van der Waals surface area contributed by atoms with Crippen LogP contribution in [0, 0.1) is 0 Å². The molecule has 2 aromatic rings. The Hall–Kier alpha value is -2.27. The van der Waals surface area contributed by atoms with Gasteiger partial charge in [-0.1, -0.05) is 77.7 Å². The minimum absolute atomic E-state index is 0.0220. The Kier molecular flexibility index (Phi) is 16.7. The summed E-state index contributed by atoms with van der Waals surface area (Å²) in [5.41, 5.74) is 3.85. The molecule has 2 aromatic carbocycles. The summed E-state index contributed by atoms with van der Waals surface area (Å²) in [6.07, 6.45) is 11.4. The first-order valence-electron chi connectivity index (χ1n) is 13.1. The predicted octanol–water partition coefficient (Wildman–Crippen LogP) is 7.99. The highest BCUT2D eigenvalue weighted by atomic mass is 31.1. The molecule has 0 bridgehead atoms. The van der Waals surface area contributed by atoms with Gasteiger partial charge in [0.1, 0.15) is 11.5 Å². The van der Waals surface area contributed by atoms with Gasteiger partial charge in [-0.15, -0.1) is 0 Å². The monoisotopic (exact) mass is 519 g/mol. The van der Waals surface area contributed by atoms with Gasteiger partial charge < -0.3 is 23.8 Å². The van der Waals surface area contributed by atoms with Gasteiger partial charge in [0, 0.05) is 29.9 Å². The topological polar surface area (TPSA) is 68.2 Å². The van der Waals surface area contributed by atoms with Crippen LogP contribution in [0.25, 0.3) is 12.2 Å².